The summed E-state index contributed by atoms with van der Waals surface area (Å²) in [7, 11) is 0. The van der Waals surface area contributed by atoms with Crippen LogP contribution in [0.15, 0.2) is 72.8 Å². The van der Waals surface area contributed by atoms with E-state index in [9.17, 15) is 4.79 Å². The third-order valence-corrected chi connectivity index (χ3v) is 6.55. The number of carbonyl (C=O) groups is 1. The Balaban J connectivity index is 1.35. The summed E-state index contributed by atoms with van der Waals surface area (Å²) >= 11 is 0. The minimum atomic E-state index is 0.0188. The standard InChI is InChI=1S/C29H31N3O3/c1-3-21-9-13-25(14-10-21)35-18-17-31-27-8-6-5-7-26(27)30-29(31)22-19-28(33)32(20-22)23-11-15-24(16-12-23)34-4-2/h5-16,22H,3-4,17-20H2,1-2H3/t22-/m1/s1. The van der Waals surface area contributed by atoms with Crippen molar-refractivity contribution in [2.24, 2.45) is 0 Å². The van der Waals surface area contributed by atoms with Crippen LogP contribution >= 0.6 is 0 Å². The quantitative estimate of drug-likeness (QED) is 0.320. The fourth-order valence-electron chi connectivity index (χ4n) is 4.74. The van der Waals surface area contributed by atoms with Crippen LogP contribution in [0.25, 0.3) is 11.0 Å². The average Bonchev–Trinajstić information content (AvgIpc) is 3.46. The van der Waals surface area contributed by atoms with Crippen LogP contribution in [-0.4, -0.2) is 35.2 Å². The van der Waals surface area contributed by atoms with E-state index >= 15 is 0 Å². The molecule has 2 heterocycles. The van der Waals surface area contributed by atoms with Crippen molar-refractivity contribution in [2.75, 3.05) is 24.7 Å². The summed E-state index contributed by atoms with van der Waals surface area (Å²) in [6.07, 6.45) is 1.45. The fourth-order valence-corrected chi connectivity index (χ4v) is 4.74. The smallest absolute Gasteiger partial charge is 0.227 e. The number of aryl methyl sites for hydroxylation is 1. The molecule has 4 aromatic rings. The third-order valence-electron chi connectivity index (χ3n) is 6.55. The molecule has 180 valence electrons. The Kier molecular flexibility index (Phi) is 6.70. The number of hydrogen-bond donors (Lipinski definition) is 0. The molecule has 0 unspecified atom stereocenters. The van der Waals surface area contributed by atoms with E-state index in [-0.39, 0.29) is 11.8 Å². The van der Waals surface area contributed by atoms with Gasteiger partial charge >= 0.3 is 0 Å². The van der Waals surface area contributed by atoms with E-state index in [2.05, 4.69) is 29.7 Å². The highest BCUT2D eigenvalue weighted by atomic mass is 16.5. The molecule has 0 aliphatic carbocycles. The van der Waals surface area contributed by atoms with Crippen LogP contribution in [0.4, 0.5) is 5.69 Å². The maximum atomic E-state index is 13.0. The highest BCUT2D eigenvalue weighted by Gasteiger charge is 2.34. The number of nitrogens with zero attached hydrogens (tertiary/aromatic N) is 3. The van der Waals surface area contributed by atoms with Gasteiger partial charge in [-0.25, -0.2) is 4.98 Å². The molecule has 0 saturated carbocycles. The Morgan fingerprint density at radius 3 is 2.37 bits per heavy atom. The summed E-state index contributed by atoms with van der Waals surface area (Å²) in [6.45, 7) is 6.53. The zero-order chi connectivity index (χ0) is 24.2. The Labute approximate surface area is 206 Å². The highest BCUT2D eigenvalue weighted by molar-refractivity contribution is 5.96. The first-order chi connectivity index (χ1) is 17.2. The normalized spacial score (nSPS) is 15.7. The van der Waals surface area contributed by atoms with Gasteiger partial charge in [0.15, 0.2) is 0 Å². The van der Waals surface area contributed by atoms with Gasteiger partial charge in [-0.3, -0.25) is 4.79 Å². The second kappa shape index (κ2) is 10.2. The summed E-state index contributed by atoms with van der Waals surface area (Å²) in [5.74, 6) is 2.75. The van der Waals surface area contributed by atoms with E-state index < -0.39 is 0 Å². The van der Waals surface area contributed by atoms with E-state index in [1.807, 2.05) is 66.4 Å². The van der Waals surface area contributed by atoms with Crippen LogP contribution in [-0.2, 0) is 17.8 Å². The Bertz CT molecular complexity index is 1300. The monoisotopic (exact) mass is 469 g/mol. The van der Waals surface area contributed by atoms with Gasteiger partial charge in [0.2, 0.25) is 5.91 Å². The number of fused-ring (bicyclic) bond motifs is 1. The minimum Gasteiger partial charge on any atom is -0.494 e. The summed E-state index contributed by atoms with van der Waals surface area (Å²) < 4.78 is 13.8. The van der Waals surface area contributed by atoms with Crippen LogP contribution in [0.1, 0.15) is 37.6 Å². The predicted molar refractivity (Wildman–Crippen MR) is 138 cm³/mol. The van der Waals surface area contributed by atoms with Gasteiger partial charge < -0.3 is 18.9 Å². The number of para-hydroxylation sites is 2. The van der Waals surface area contributed by atoms with Gasteiger partial charge in [-0.2, -0.15) is 0 Å². The molecule has 1 saturated heterocycles. The Morgan fingerprint density at radius 1 is 0.914 bits per heavy atom. The first kappa shape index (κ1) is 23.0. The summed E-state index contributed by atoms with van der Waals surface area (Å²) in [5, 5.41) is 0. The average molecular weight is 470 g/mol. The molecule has 1 fully saturated rings. The van der Waals surface area contributed by atoms with Gasteiger partial charge in [-0.15, -0.1) is 0 Å². The van der Waals surface area contributed by atoms with Crippen LogP contribution < -0.4 is 14.4 Å². The van der Waals surface area contributed by atoms with Crippen molar-refractivity contribution in [1.82, 2.24) is 9.55 Å². The lowest BCUT2D eigenvalue weighted by Crippen LogP contribution is -2.24. The molecule has 35 heavy (non-hydrogen) atoms. The van der Waals surface area contributed by atoms with Crippen LogP contribution in [0.2, 0.25) is 0 Å². The molecule has 1 aliphatic heterocycles. The van der Waals surface area contributed by atoms with E-state index in [4.69, 9.17) is 14.5 Å². The van der Waals surface area contributed by atoms with Gasteiger partial charge in [0.1, 0.15) is 23.9 Å². The largest absolute Gasteiger partial charge is 0.494 e. The van der Waals surface area contributed by atoms with Crippen molar-refractivity contribution >= 4 is 22.6 Å². The maximum absolute atomic E-state index is 13.0. The minimum absolute atomic E-state index is 0.0188. The van der Waals surface area contributed by atoms with Crippen molar-refractivity contribution in [3.05, 3.63) is 84.2 Å². The van der Waals surface area contributed by atoms with Gasteiger partial charge in [-0.05, 0) is 67.4 Å². The van der Waals surface area contributed by atoms with E-state index in [0.717, 1.165) is 40.5 Å². The molecular formula is C29H31N3O3. The number of anilines is 1. The Morgan fingerprint density at radius 2 is 1.63 bits per heavy atom. The van der Waals surface area contributed by atoms with Crippen LogP contribution in [0, 0.1) is 0 Å². The second-order valence-corrected chi connectivity index (χ2v) is 8.79. The summed E-state index contributed by atoms with van der Waals surface area (Å²) in [4.78, 5) is 19.8. The first-order valence-electron chi connectivity index (χ1n) is 12.4. The number of imidazole rings is 1. The molecule has 6 heteroatoms. The molecule has 0 radical (unpaired) electrons. The number of rotatable bonds is 9. The number of benzene rings is 3. The molecule has 6 nitrogen and oxygen atoms in total. The molecule has 0 N–H and O–H groups in total. The second-order valence-electron chi connectivity index (χ2n) is 8.79. The summed E-state index contributed by atoms with van der Waals surface area (Å²) in [5.41, 5.74) is 4.20. The SMILES string of the molecule is CCOc1ccc(N2C[C@H](c3nc4ccccc4n3CCOc3ccc(CC)cc3)CC2=O)cc1. The fraction of sp³-hybridized carbons (Fsp3) is 0.310. The molecule has 1 aliphatic rings. The molecule has 1 amide bonds. The highest BCUT2D eigenvalue weighted by Crippen LogP contribution is 2.34. The zero-order valence-corrected chi connectivity index (χ0v) is 20.3. The lowest BCUT2D eigenvalue weighted by Gasteiger charge is -2.18. The van der Waals surface area contributed by atoms with Crippen LogP contribution in [0.5, 0.6) is 11.5 Å². The van der Waals surface area contributed by atoms with E-state index in [1.54, 1.807) is 0 Å². The number of ether oxygens (including phenoxy) is 2. The first-order valence-corrected chi connectivity index (χ1v) is 12.4. The number of carbonyl (C=O) groups excluding carboxylic acids is 1. The lowest BCUT2D eigenvalue weighted by atomic mass is 10.1. The van der Waals surface area contributed by atoms with Gasteiger partial charge in [0.25, 0.3) is 0 Å². The molecular weight excluding hydrogens is 438 g/mol. The molecule has 0 bridgehead atoms. The molecule has 0 spiro atoms. The zero-order valence-electron chi connectivity index (χ0n) is 20.3. The number of amides is 1. The van der Waals surface area contributed by atoms with Crippen LogP contribution in [0.3, 0.4) is 0 Å². The van der Waals surface area contributed by atoms with Crippen molar-refractivity contribution in [1.29, 1.82) is 0 Å². The van der Waals surface area contributed by atoms with Gasteiger partial charge in [0.05, 0.1) is 24.2 Å². The summed E-state index contributed by atoms with van der Waals surface area (Å²) in [6, 6.07) is 24.1. The number of aromatic nitrogens is 2. The Hall–Kier alpha value is -3.80. The number of hydrogen-bond acceptors (Lipinski definition) is 4. The van der Waals surface area contributed by atoms with E-state index in [0.29, 0.717) is 32.7 Å². The third kappa shape index (κ3) is 4.87. The molecule has 5 rings (SSSR count). The molecule has 1 aromatic heterocycles. The molecule has 3 aromatic carbocycles. The lowest BCUT2D eigenvalue weighted by molar-refractivity contribution is -0.117. The molecule has 1 atom stereocenters. The topological polar surface area (TPSA) is 56.6 Å². The predicted octanol–water partition coefficient (Wildman–Crippen LogP) is 5.60. The van der Waals surface area contributed by atoms with Crippen molar-refractivity contribution < 1.29 is 14.3 Å². The maximum Gasteiger partial charge on any atom is 0.227 e. The van der Waals surface area contributed by atoms with E-state index in [1.165, 1.54) is 5.56 Å². The van der Waals surface area contributed by atoms with Crippen molar-refractivity contribution in [3.63, 3.8) is 0 Å². The van der Waals surface area contributed by atoms with Crippen molar-refractivity contribution in [3.8, 4) is 11.5 Å². The van der Waals surface area contributed by atoms with Crippen molar-refractivity contribution in [2.45, 2.75) is 39.2 Å². The van der Waals surface area contributed by atoms with Gasteiger partial charge in [0, 0.05) is 24.6 Å². The van der Waals surface area contributed by atoms with Gasteiger partial charge in [-0.1, -0.05) is 31.2 Å².